The Bertz CT molecular complexity index is 291. The lowest BCUT2D eigenvalue weighted by Crippen LogP contribution is -2.24. The van der Waals surface area contributed by atoms with E-state index >= 15 is 0 Å². The van der Waals surface area contributed by atoms with Crippen LogP contribution in [-0.4, -0.2) is 8.80 Å². The highest BCUT2D eigenvalue weighted by Crippen LogP contribution is 2.28. The van der Waals surface area contributed by atoms with Crippen LogP contribution in [0.1, 0.15) is 5.56 Å². The van der Waals surface area contributed by atoms with Crippen molar-refractivity contribution in [1.82, 2.24) is 0 Å². The summed E-state index contributed by atoms with van der Waals surface area (Å²) in [5.41, 5.74) is -0.545. The minimum atomic E-state index is -4.21. The molecule has 13 heavy (non-hydrogen) atoms. The Kier molecular flexibility index (Phi) is 2.80. The summed E-state index contributed by atoms with van der Waals surface area (Å²) in [6.45, 7) is 3.94. The smallest absolute Gasteiger partial charge is 0.166 e. The first kappa shape index (κ1) is 10.3. The number of benzene rings is 1. The van der Waals surface area contributed by atoms with Crippen LogP contribution < -0.4 is 5.19 Å². The van der Waals surface area contributed by atoms with E-state index in [0.29, 0.717) is 0 Å². The lowest BCUT2D eigenvalue weighted by atomic mass is 10.2. The first-order chi connectivity index (χ1) is 5.91. The van der Waals surface area contributed by atoms with Crippen molar-refractivity contribution >= 4 is 14.0 Å². The second kappa shape index (κ2) is 3.53. The van der Waals surface area contributed by atoms with Crippen LogP contribution in [0.15, 0.2) is 24.3 Å². The van der Waals surface area contributed by atoms with E-state index in [-0.39, 0.29) is 0 Å². The predicted octanol–water partition coefficient (Wildman–Crippen LogP) is 2.67. The van der Waals surface area contributed by atoms with Crippen LogP contribution in [0.25, 0.3) is 0 Å². The van der Waals surface area contributed by atoms with Gasteiger partial charge in [-0.25, -0.2) is 0 Å². The average molecular weight is 203 g/mol. The number of halogens is 3. The van der Waals surface area contributed by atoms with E-state index in [1.807, 2.05) is 13.1 Å². The summed E-state index contributed by atoms with van der Waals surface area (Å²) in [5, 5.41) is 0.819. The summed E-state index contributed by atoms with van der Waals surface area (Å²) in [6.07, 6.45) is -4.21. The summed E-state index contributed by atoms with van der Waals surface area (Å²) in [7, 11) is -0.794. The van der Waals surface area contributed by atoms with Crippen molar-refractivity contribution in [3.63, 3.8) is 0 Å². The second-order valence-corrected chi connectivity index (χ2v) is 5.66. The van der Waals surface area contributed by atoms with Gasteiger partial charge in [0.2, 0.25) is 0 Å². The van der Waals surface area contributed by atoms with Gasteiger partial charge >= 0.3 is 15.0 Å². The molecule has 0 aliphatic rings. The zero-order valence-electron chi connectivity index (χ0n) is 7.44. The molecule has 1 rings (SSSR count). The molecule has 0 saturated heterocycles. The highest BCUT2D eigenvalue weighted by atomic mass is 28.3. The Morgan fingerprint density at radius 1 is 1.15 bits per heavy atom. The fourth-order valence-corrected chi connectivity index (χ4v) is 1.88. The molecule has 0 aliphatic heterocycles. The molecule has 1 aromatic rings. The van der Waals surface area contributed by atoms with Gasteiger partial charge in [0, 0.05) is 0 Å². The quantitative estimate of drug-likeness (QED) is 0.615. The van der Waals surface area contributed by atoms with E-state index in [2.05, 4.69) is 0 Å². The highest BCUT2D eigenvalue weighted by Gasteiger charge is 2.31. The van der Waals surface area contributed by atoms with Crippen molar-refractivity contribution in [3.05, 3.63) is 29.8 Å². The third kappa shape index (κ3) is 2.59. The van der Waals surface area contributed by atoms with Crippen LogP contribution in [0.3, 0.4) is 0 Å². The SMILES string of the molecule is C[Si+](C)c1cccc(C(F)(F)F)c1. The molecule has 70 valence electrons. The molecule has 0 aromatic heterocycles. The zero-order valence-corrected chi connectivity index (χ0v) is 8.44. The van der Waals surface area contributed by atoms with Crippen LogP contribution in [0, 0.1) is 0 Å². The van der Waals surface area contributed by atoms with E-state index in [1.165, 1.54) is 12.1 Å². The molecule has 0 bridgehead atoms. The molecular weight excluding hydrogens is 193 g/mol. The molecular formula is C9H10F3Si+. The van der Waals surface area contributed by atoms with Crippen molar-refractivity contribution in [1.29, 1.82) is 0 Å². The van der Waals surface area contributed by atoms with E-state index in [4.69, 9.17) is 0 Å². The van der Waals surface area contributed by atoms with Gasteiger partial charge < -0.3 is 0 Å². The van der Waals surface area contributed by atoms with Crippen LogP contribution in [0.2, 0.25) is 13.1 Å². The summed E-state index contributed by atoms with van der Waals surface area (Å²) >= 11 is 0. The standard InChI is InChI=1S/C9H10F3Si/c1-13(2)8-5-3-4-7(6-8)9(10,11)12/h3-6H,1-2H3/q+1. The topological polar surface area (TPSA) is 0 Å². The van der Waals surface area contributed by atoms with Gasteiger partial charge in [0.25, 0.3) is 0 Å². The molecule has 0 unspecified atom stereocenters. The summed E-state index contributed by atoms with van der Waals surface area (Å²) in [5.74, 6) is 0. The predicted molar refractivity (Wildman–Crippen MR) is 48.6 cm³/mol. The van der Waals surface area contributed by atoms with Gasteiger partial charge in [0.1, 0.15) is 0 Å². The molecule has 0 spiro atoms. The van der Waals surface area contributed by atoms with Crippen molar-refractivity contribution in [2.24, 2.45) is 0 Å². The van der Waals surface area contributed by atoms with Crippen LogP contribution >= 0.6 is 0 Å². The van der Waals surface area contributed by atoms with Gasteiger partial charge in [-0.2, -0.15) is 13.2 Å². The van der Waals surface area contributed by atoms with Crippen LogP contribution in [0.5, 0.6) is 0 Å². The molecule has 0 amide bonds. The number of hydrogen-bond acceptors (Lipinski definition) is 0. The molecule has 0 saturated carbocycles. The zero-order chi connectivity index (χ0) is 10.1. The van der Waals surface area contributed by atoms with Crippen LogP contribution in [-0.2, 0) is 6.18 Å². The van der Waals surface area contributed by atoms with Gasteiger partial charge in [-0.1, -0.05) is 6.07 Å². The maximum Gasteiger partial charge on any atom is 0.416 e. The van der Waals surface area contributed by atoms with Crippen molar-refractivity contribution in [3.8, 4) is 0 Å². The van der Waals surface area contributed by atoms with E-state index in [1.54, 1.807) is 6.07 Å². The Hall–Kier alpha value is -0.773. The average Bonchev–Trinajstić information content (AvgIpc) is 2.03. The minimum absolute atomic E-state index is 0.545. The Morgan fingerprint density at radius 2 is 1.77 bits per heavy atom. The number of hydrogen-bond donors (Lipinski definition) is 0. The van der Waals surface area contributed by atoms with E-state index in [0.717, 1.165) is 11.3 Å². The molecule has 0 heterocycles. The summed E-state index contributed by atoms with van der Waals surface area (Å²) in [6, 6.07) is 5.57. The number of rotatable bonds is 1. The third-order valence-electron chi connectivity index (χ3n) is 1.77. The van der Waals surface area contributed by atoms with Gasteiger partial charge in [-0.3, -0.25) is 0 Å². The van der Waals surface area contributed by atoms with Gasteiger partial charge in [-0.15, -0.1) is 0 Å². The Balaban J connectivity index is 3.06. The molecule has 0 atom stereocenters. The normalized spacial score (nSPS) is 11.5. The van der Waals surface area contributed by atoms with Crippen molar-refractivity contribution in [2.75, 3.05) is 0 Å². The molecule has 0 fully saturated rings. The lowest BCUT2D eigenvalue weighted by Gasteiger charge is -2.05. The van der Waals surface area contributed by atoms with Gasteiger partial charge in [0.15, 0.2) is 0 Å². The molecule has 0 N–H and O–H groups in total. The Morgan fingerprint density at radius 3 is 2.23 bits per heavy atom. The fraction of sp³-hybridized carbons (Fsp3) is 0.333. The lowest BCUT2D eigenvalue weighted by molar-refractivity contribution is -0.137. The van der Waals surface area contributed by atoms with Crippen molar-refractivity contribution in [2.45, 2.75) is 19.3 Å². The van der Waals surface area contributed by atoms with E-state index < -0.39 is 20.5 Å². The highest BCUT2D eigenvalue weighted by molar-refractivity contribution is 6.70. The Labute approximate surface area is 77.0 Å². The second-order valence-electron chi connectivity index (χ2n) is 3.08. The summed E-state index contributed by atoms with van der Waals surface area (Å²) in [4.78, 5) is 0. The molecule has 0 nitrogen and oxygen atoms in total. The first-order valence-electron chi connectivity index (χ1n) is 3.89. The van der Waals surface area contributed by atoms with E-state index in [9.17, 15) is 13.2 Å². The first-order valence-corrected chi connectivity index (χ1v) is 6.39. The monoisotopic (exact) mass is 203 g/mol. The van der Waals surface area contributed by atoms with Gasteiger partial charge in [0.05, 0.1) is 23.8 Å². The molecule has 1 aromatic carbocycles. The molecule has 0 radical (unpaired) electrons. The maximum atomic E-state index is 12.2. The largest absolute Gasteiger partial charge is 0.416 e. The number of alkyl halides is 3. The molecule has 4 heteroatoms. The fourth-order valence-electron chi connectivity index (χ4n) is 1.01. The molecule has 0 aliphatic carbocycles. The van der Waals surface area contributed by atoms with Crippen molar-refractivity contribution < 1.29 is 13.2 Å². The van der Waals surface area contributed by atoms with Gasteiger partial charge in [-0.05, 0) is 18.2 Å². The van der Waals surface area contributed by atoms with Crippen LogP contribution in [0.4, 0.5) is 13.2 Å². The third-order valence-corrected chi connectivity index (χ3v) is 3.23. The minimum Gasteiger partial charge on any atom is -0.166 e. The summed E-state index contributed by atoms with van der Waals surface area (Å²) < 4.78 is 36.7. The maximum absolute atomic E-state index is 12.2.